The zero-order chi connectivity index (χ0) is 24.2. The van der Waals surface area contributed by atoms with Crippen molar-refractivity contribution in [2.75, 3.05) is 32.7 Å². The number of halogens is 2. The topological polar surface area (TPSA) is 87.5 Å². The van der Waals surface area contributed by atoms with E-state index in [0.29, 0.717) is 63.6 Å². The van der Waals surface area contributed by atoms with Gasteiger partial charge in [-0.05, 0) is 25.1 Å². The third-order valence-corrected chi connectivity index (χ3v) is 6.50. The van der Waals surface area contributed by atoms with Gasteiger partial charge in [0.25, 0.3) is 0 Å². The van der Waals surface area contributed by atoms with E-state index in [-0.39, 0.29) is 5.82 Å². The van der Waals surface area contributed by atoms with Gasteiger partial charge in [-0.25, -0.2) is 19.2 Å². The number of aromatic nitrogens is 3. The summed E-state index contributed by atoms with van der Waals surface area (Å²) in [5, 5.41) is 4.23. The summed E-state index contributed by atoms with van der Waals surface area (Å²) in [6, 6.07) is 8.15. The standard InChI is InChI=1S/C23H22ClFN4O4S/c1-4-33-17-11-18(34-22(17)23(30)32-3)15-10-20(28-12-27-15)26-7-8-29-19(24)9-13-16(31-2)6-5-14(25)21(13)29/h5-6,9-12H,4,7-8H2,1-3H3,(H,26,27,28). The molecule has 4 aromatic rings. The first-order valence-corrected chi connectivity index (χ1v) is 11.6. The minimum Gasteiger partial charge on any atom is -0.496 e. The number of ether oxygens (including phenoxy) is 3. The van der Waals surface area contributed by atoms with E-state index in [1.54, 1.807) is 28.8 Å². The Balaban J connectivity index is 1.53. The molecule has 0 saturated heterocycles. The van der Waals surface area contributed by atoms with E-state index < -0.39 is 5.97 Å². The Bertz CT molecular complexity index is 1340. The van der Waals surface area contributed by atoms with Gasteiger partial charge >= 0.3 is 5.97 Å². The van der Waals surface area contributed by atoms with Crippen molar-refractivity contribution in [1.29, 1.82) is 0 Å². The molecule has 0 saturated carbocycles. The molecular formula is C23H22ClFN4O4S. The van der Waals surface area contributed by atoms with Crippen LogP contribution in [0, 0.1) is 5.82 Å². The Hall–Kier alpha value is -3.37. The summed E-state index contributed by atoms with van der Waals surface area (Å²) in [5.41, 5.74) is 1.01. The maximum atomic E-state index is 14.5. The number of rotatable bonds is 9. The SMILES string of the molecule is CCOc1cc(-c2cc(NCCn3c(Cl)cc4c(OC)ccc(F)c43)ncn2)sc1C(=O)OC. The van der Waals surface area contributed by atoms with Crippen LogP contribution >= 0.6 is 22.9 Å². The van der Waals surface area contributed by atoms with Crippen molar-refractivity contribution in [3.05, 3.63) is 52.5 Å². The second kappa shape index (κ2) is 10.3. The highest BCUT2D eigenvalue weighted by molar-refractivity contribution is 7.17. The highest BCUT2D eigenvalue weighted by atomic mass is 35.5. The second-order valence-electron chi connectivity index (χ2n) is 7.07. The van der Waals surface area contributed by atoms with Crippen LogP contribution in [0.4, 0.5) is 10.2 Å². The van der Waals surface area contributed by atoms with Crippen LogP contribution in [0.15, 0.2) is 36.7 Å². The summed E-state index contributed by atoms with van der Waals surface area (Å²) < 4.78 is 31.9. The van der Waals surface area contributed by atoms with E-state index in [0.717, 1.165) is 4.88 Å². The van der Waals surface area contributed by atoms with Crippen LogP contribution in [0.3, 0.4) is 0 Å². The molecule has 0 aliphatic carbocycles. The normalized spacial score (nSPS) is 11.0. The average molecular weight is 505 g/mol. The van der Waals surface area contributed by atoms with Crippen molar-refractivity contribution in [1.82, 2.24) is 14.5 Å². The van der Waals surface area contributed by atoms with Crippen LogP contribution in [0.2, 0.25) is 5.15 Å². The van der Waals surface area contributed by atoms with Crippen molar-refractivity contribution < 1.29 is 23.4 Å². The molecule has 0 aliphatic heterocycles. The van der Waals surface area contributed by atoms with Crippen LogP contribution in [0.1, 0.15) is 16.6 Å². The molecule has 0 bridgehead atoms. The molecule has 1 aromatic carbocycles. The number of thiophene rings is 1. The molecule has 0 fully saturated rings. The molecule has 1 N–H and O–H groups in total. The van der Waals surface area contributed by atoms with E-state index in [9.17, 15) is 9.18 Å². The molecule has 34 heavy (non-hydrogen) atoms. The molecule has 178 valence electrons. The monoisotopic (exact) mass is 504 g/mol. The van der Waals surface area contributed by atoms with Crippen LogP contribution in [-0.2, 0) is 11.3 Å². The first-order chi connectivity index (χ1) is 16.5. The molecular weight excluding hydrogens is 483 g/mol. The maximum Gasteiger partial charge on any atom is 0.351 e. The molecule has 3 heterocycles. The van der Waals surface area contributed by atoms with Crippen LogP contribution < -0.4 is 14.8 Å². The van der Waals surface area contributed by atoms with Gasteiger partial charge in [0.1, 0.15) is 34.6 Å². The molecule has 0 aliphatic rings. The first kappa shape index (κ1) is 23.8. The Morgan fingerprint density at radius 3 is 2.76 bits per heavy atom. The van der Waals surface area contributed by atoms with E-state index in [1.165, 1.54) is 38.0 Å². The minimum atomic E-state index is -0.466. The molecule has 0 unspecified atom stereocenters. The fraction of sp³-hybridized carbons (Fsp3) is 0.261. The quantitative estimate of drug-likeness (QED) is 0.311. The summed E-state index contributed by atoms with van der Waals surface area (Å²) in [6.07, 6.45) is 1.43. The van der Waals surface area contributed by atoms with E-state index in [1.807, 2.05) is 6.92 Å². The number of nitrogens with zero attached hydrogens (tertiary/aromatic N) is 3. The molecule has 11 heteroatoms. The largest absolute Gasteiger partial charge is 0.496 e. The van der Waals surface area contributed by atoms with Crippen LogP contribution in [-0.4, -0.2) is 47.9 Å². The lowest BCUT2D eigenvalue weighted by molar-refractivity contribution is 0.0602. The summed E-state index contributed by atoms with van der Waals surface area (Å²) >= 11 is 7.61. The van der Waals surface area contributed by atoms with E-state index in [4.69, 9.17) is 25.8 Å². The van der Waals surface area contributed by atoms with Crippen LogP contribution in [0.5, 0.6) is 11.5 Å². The molecule has 0 spiro atoms. The number of benzene rings is 1. The van der Waals surface area contributed by atoms with Gasteiger partial charge in [0.15, 0.2) is 4.88 Å². The smallest absolute Gasteiger partial charge is 0.351 e. The van der Waals surface area contributed by atoms with Gasteiger partial charge < -0.3 is 24.1 Å². The minimum absolute atomic E-state index is 0.374. The van der Waals surface area contributed by atoms with Crippen molar-refractivity contribution in [2.24, 2.45) is 0 Å². The maximum absolute atomic E-state index is 14.5. The van der Waals surface area contributed by atoms with Gasteiger partial charge in [-0.15, -0.1) is 11.3 Å². The Labute approximate surface area is 204 Å². The third kappa shape index (κ3) is 4.64. The van der Waals surface area contributed by atoms with Crippen LogP contribution in [0.25, 0.3) is 21.5 Å². The van der Waals surface area contributed by atoms with E-state index >= 15 is 0 Å². The molecule has 8 nitrogen and oxygen atoms in total. The van der Waals surface area contributed by atoms with Gasteiger partial charge in [0.05, 0.1) is 36.9 Å². The van der Waals surface area contributed by atoms with Gasteiger partial charge in [-0.2, -0.15) is 0 Å². The van der Waals surface area contributed by atoms with Crippen molar-refractivity contribution in [3.8, 4) is 22.1 Å². The summed E-state index contributed by atoms with van der Waals surface area (Å²) in [6.45, 7) is 3.08. The molecule has 0 radical (unpaired) electrons. The Morgan fingerprint density at radius 2 is 2.03 bits per heavy atom. The first-order valence-electron chi connectivity index (χ1n) is 10.4. The lowest BCUT2D eigenvalue weighted by Gasteiger charge is -2.11. The van der Waals surface area contributed by atoms with Gasteiger partial charge in [0.2, 0.25) is 0 Å². The second-order valence-corrected chi connectivity index (χ2v) is 8.51. The number of hydrogen-bond donors (Lipinski definition) is 1. The van der Waals surface area contributed by atoms with Crippen molar-refractivity contribution >= 4 is 45.6 Å². The molecule has 0 atom stereocenters. The van der Waals surface area contributed by atoms with Gasteiger partial charge in [-0.1, -0.05) is 11.6 Å². The molecule has 3 aromatic heterocycles. The fourth-order valence-electron chi connectivity index (χ4n) is 3.56. The highest BCUT2D eigenvalue weighted by Crippen LogP contribution is 2.36. The summed E-state index contributed by atoms with van der Waals surface area (Å²) in [5.74, 6) is 0.734. The average Bonchev–Trinajstić information content (AvgIpc) is 3.41. The summed E-state index contributed by atoms with van der Waals surface area (Å²) in [4.78, 5) is 21.8. The Morgan fingerprint density at radius 1 is 1.21 bits per heavy atom. The number of carbonyl (C=O) groups is 1. The van der Waals surface area contributed by atoms with Crippen molar-refractivity contribution in [3.63, 3.8) is 0 Å². The van der Waals surface area contributed by atoms with Gasteiger partial charge in [0, 0.05) is 30.6 Å². The zero-order valence-corrected chi connectivity index (χ0v) is 20.3. The number of anilines is 1. The number of methoxy groups -OCH3 is 2. The molecule has 4 rings (SSSR count). The molecule has 0 amide bonds. The number of nitrogens with one attached hydrogen (secondary N) is 1. The van der Waals surface area contributed by atoms with Crippen molar-refractivity contribution in [2.45, 2.75) is 13.5 Å². The summed E-state index contributed by atoms with van der Waals surface area (Å²) in [7, 11) is 2.86. The number of carbonyl (C=O) groups excluding carboxylic acids is 1. The van der Waals surface area contributed by atoms with Gasteiger partial charge in [-0.3, -0.25) is 0 Å². The Kier molecular flexibility index (Phi) is 7.18. The lowest BCUT2D eigenvalue weighted by atomic mass is 10.2. The number of esters is 1. The predicted octanol–water partition coefficient (Wildman–Crippen LogP) is 5.26. The lowest BCUT2D eigenvalue weighted by Crippen LogP contribution is -2.12. The van der Waals surface area contributed by atoms with E-state index in [2.05, 4.69) is 15.3 Å². The zero-order valence-electron chi connectivity index (χ0n) is 18.7. The fourth-order valence-corrected chi connectivity index (χ4v) is 4.83. The number of hydrogen-bond acceptors (Lipinski definition) is 8. The number of fused-ring (bicyclic) bond motifs is 1. The highest BCUT2D eigenvalue weighted by Gasteiger charge is 2.20. The third-order valence-electron chi connectivity index (χ3n) is 5.07. The predicted molar refractivity (Wildman–Crippen MR) is 130 cm³/mol.